The van der Waals surface area contributed by atoms with Crippen LogP contribution in [0.1, 0.15) is 45.4 Å². The molecule has 1 amide bonds. The quantitative estimate of drug-likeness (QED) is 0.756. The van der Waals surface area contributed by atoms with Gasteiger partial charge in [-0.3, -0.25) is 4.79 Å². The average Bonchev–Trinajstić information content (AvgIpc) is 2.66. The summed E-state index contributed by atoms with van der Waals surface area (Å²) >= 11 is 0. The molecule has 0 bridgehead atoms. The van der Waals surface area contributed by atoms with E-state index in [0.29, 0.717) is 12.6 Å². The Hall–Kier alpha value is -0.990. The van der Waals surface area contributed by atoms with E-state index < -0.39 is 0 Å². The predicted octanol–water partition coefficient (Wildman–Crippen LogP) is 2.13. The zero-order valence-electron chi connectivity index (χ0n) is 9.34. The van der Waals surface area contributed by atoms with Crippen molar-refractivity contribution >= 4 is 5.91 Å². The minimum absolute atomic E-state index is 0.0944. The third-order valence-electron chi connectivity index (χ3n) is 3.31. The van der Waals surface area contributed by atoms with Crippen molar-refractivity contribution < 1.29 is 9.53 Å². The van der Waals surface area contributed by atoms with E-state index >= 15 is 0 Å². The van der Waals surface area contributed by atoms with Crippen LogP contribution >= 0.6 is 0 Å². The molecular formula is C12H19NO2. The van der Waals surface area contributed by atoms with Crippen LogP contribution in [0.3, 0.4) is 0 Å². The fourth-order valence-corrected chi connectivity index (χ4v) is 2.36. The first-order valence-electron chi connectivity index (χ1n) is 5.91. The number of hydrogen-bond donors (Lipinski definition) is 1. The van der Waals surface area contributed by atoms with Gasteiger partial charge in [0, 0.05) is 12.5 Å². The summed E-state index contributed by atoms with van der Waals surface area (Å²) in [7, 11) is 0. The normalized spacial score (nSPS) is 22.7. The van der Waals surface area contributed by atoms with Gasteiger partial charge in [-0.05, 0) is 19.8 Å². The molecule has 1 aliphatic carbocycles. The van der Waals surface area contributed by atoms with Crippen LogP contribution < -0.4 is 5.32 Å². The van der Waals surface area contributed by atoms with Crippen LogP contribution in [0.2, 0.25) is 0 Å². The van der Waals surface area contributed by atoms with Crippen LogP contribution in [0.25, 0.3) is 0 Å². The van der Waals surface area contributed by atoms with Gasteiger partial charge in [-0.15, -0.1) is 0 Å². The molecule has 1 heterocycles. The first kappa shape index (κ1) is 10.5. The van der Waals surface area contributed by atoms with E-state index in [4.69, 9.17) is 4.74 Å². The highest BCUT2D eigenvalue weighted by Gasteiger charge is 2.22. The van der Waals surface area contributed by atoms with Gasteiger partial charge in [-0.25, -0.2) is 0 Å². The Bertz CT molecular complexity index is 277. The largest absolute Gasteiger partial charge is 0.497 e. The van der Waals surface area contributed by atoms with E-state index in [1.165, 1.54) is 19.3 Å². The average molecular weight is 209 g/mol. The minimum Gasteiger partial charge on any atom is -0.497 e. The molecule has 2 aliphatic rings. The van der Waals surface area contributed by atoms with E-state index in [2.05, 4.69) is 5.32 Å². The van der Waals surface area contributed by atoms with Gasteiger partial charge in [0.1, 0.15) is 5.76 Å². The van der Waals surface area contributed by atoms with Crippen molar-refractivity contribution in [3.05, 3.63) is 11.3 Å². The van der Waals surface area contributed by atoms with E-state index in [0.717, 1.165) is 30.6 Å². The Morgan fingerprint density at radius 3 is 2.67 bits per heavy atom. The molecule has 1 aliphatic heterocycles. The lowest BCUT2D eigenvalue weighted by atomic mass is 9.95. The molecule has 3 heteroatoms. The van der Waals surface area contributed by atoms with Crippen LogP contribution in [-0.4, -0.2) is 18.6 Å². The number of carbonyl (C=O) groups is 1. The zero-order valence-corrected chi connectivity index (χ0v) is 9.34. The first-order chi connectivity index (χ1) is 7.27. The molecule has 2 rings (SSSR count). The summed E-state index contributed by atoms with van der Waals surface area (Å²) in [6.45, 7) is 2.54. The number of rotatable bonds is 2. The Balaban J connectivity index is 1.88. The van der Waals surface area contributed by atoms with Gasteiger partial charge in [0.05, 0.1) is 12.2 Å². The Morgan fingerprint density at radius 2 is 2.07 bits per heavy atom. The van der Waals surface area contributed by atoms with Crippen molar-refractivity contribution in [2.45, 2.75) is 51.5 Å². The van der Waals surface area contributed by atoms with Gasteiger partial charge in [-0.1, -0.05) is 19.3 Å². The standard InChI is InChI=1S/C12H19NO2/c1-9-11(7-8-15-9)12(14)13-10-5-3-2-4-6-10/h10H,2-8H2,1H3,(H,13,14). The Labute approximate surface area is 90.9 Å². The van der Waals surface area contributed by atoms with Crippen molar-refractivity contribution in [3.8, 4) is 0 Å². The fourth-order valence-electron chi connectivity index (χ4n) is 2.36. The topological polar surface area (TPSA) is 38.3 Å². The summed E-state index contributed by atoms with van der Waals surface area (Å²) in [5.74, 6) is 0.903. The molecule has 1 fully saturated rings. The van der Waals surface area contributed by atoms with E-state index in [-0.39, 0.29) is 5.91 Å². The maximum absolute atomic E-state index is 11.9. The van der Waals surface area contributed by atoms with Gasteiger partial charge in [0.15, 0.2) is 0 Å². The fraction of sp³-hybridized carbons (Fsp3) is 0.750. The summed E-state index contributed by atoms with van der Waals surface area (Å²) in [5.41, 5.74) is 0.848. The maximum atomic E-state index is 11.9. The van der Waals surface area contributed by atoms with E-state index in [9.17, 15) is 4.79 Å². The molecule has 3 nitrogen and oxygen atoms in total. The van der Waals surface area contributed by atoms with E-state index in [1.54, 1.807) is 0 Å². The highest BCUT2D eigenvalue weighted by atomic mass is 16.5. The van der Waals surface area contributed by atoms with Gasteiger partial charge in [-0.2, -0.15) is 0 Å². The maximum Gasteiger partial charge on any atom is 0.250 e. The predicted molar refractivity (Wildman–Crippen MR) is 58.3 cm³/mol. The van der Waals surface area contributed by atoms with Crippen LogP contribution in [0.4, 0.5) is 0 Å². The number of hydrogen-bond acceptors (Lipinski definition) is 2. The zero-order chi connectivity index (χ0) is 10.7. The molecule has 0 unspecified atom stereocenters. The highest BCUT2D eigenvalue weighted by molar-refractivity contribution is 5.94. The van der Waals surface area contributed by atoms with Crippen LogP contribution in [0.15, 0.2) is 11.3 Å². The molecule has 0 spiro atoms. The summed E-state index contributed by atoms with van der Waals surface area (Å²) < 4.78 is 5.29. The van der Waals surface area contributed by atoms with E-state index in [1.807, 2.05) is 6.92 Å². The van der Waals surface area contributed by atoms with Crippen LogP contribution in [-0.2, 0) is 9.53 Å². The van der Waals surface area contributed by atoms with Crippen molar-refractivity contribution in [3.63, 3.8) is 0 Å². The lowest BCUT2D eigenvalue weighted by Gasteiger charge is -2.22. The summed E-state index contributed by atoms with van der Waals surface area (Å²) in [5, 5.41) is 3.11. The second-order valence-corrected chi connectivity index (χ2v) is 4.44. The van der Waals surface area contributed by atoms with Crippen molar-refractivity contribution in [1.82, 2.24) is 5.32 Å². The second-order valence-electron chi connectivity index (χ2n) is 4.44. The Morgan fingerprint density at radius 1 is 1.33 bits per heavy atom. The van der Waals surface area contributed by atoms with Crippen molar-refractivity contribution in [1.29, 1.82) is 0 Å². The lowest BCUT2D eigenvalue weighted by molar-refractivity contribution is -0.118. The van der Waals surface area contributed by atoms with Crippen molar-refractivity contribution in [2.24, 2.45) is 0 Å². The molecule has 84 valence electrons. The van der Waals surface area contributed by atoms with Crippen molar-refractivity contribution in [2.75, 3.05) is 6.61 Å². The molecule has 1 saturated carbocycles. The number of allylic oxidation sites excluding steroid dienone is 1. The summed E-state index contributed by atoms with van der Waals surface area (Å²) in [4.78, 5) is 11.9. The van der Waals surface area contributed by atoms with Gasteiger partial charge >= 0.3 is 0 Å². The van der Waals surface area contributed by atoms with Gasteiger partial charge in [0.2, 0.25) is 0 Å². The lowest BCUT2D eigenvalue weighted by Crippen LogP contribution is -2.37. The first-order valence-corrected chi connectivity index (χ1v) is 5.91. The van der Waals surface area contributed by atoms with Gasteiger partial charge in [0.25, 0.3) is 5.91 Å². The minimum atomic E-state index is 0.0944. The molecular weight excluding hydrogens is 190 g/mol. The summed E-state index contributed by atoms with van der Waals surface area (Å²) in [6.07, 6.45) is 6.86. The third-order valence-corrected chi connectivity index (χ3v) is 3.31. The summed E-state index contributed by atoms with van der Waals surface area (Å²) in [6, 6.07) is 0.396. The third kappa shape index (κ3) is 2.52. The molecule has 0 aromatic heterocycles. The number of nitrogens with one attached hydrogen (secondary N) is 1. The molecule has 0 radical (unpaired) electrons. The number of ether oxygens (including phenoxy) is 1. The SMILES string of the molecule is CC1=C(C(=O)NC2CCCCC2)CCO1. The monoisotopic (exact) mass is 209 g/mol. The highest BCUT2D eigenvalue weighted by Crippen LogP contribution is 2.21. The van der Waals surface area contributed by atoms with Gasteiger partial charge < -0.3 is 10.1 Å². The molecule has 0 aromatic carbocycles. The second kappa shape index (κ2) is 4.69. The molecule has 0 saturated heterocycles. The number of amides is 1. The molecule has 1 N–H and O–H groups in total. The molecule has 0 atom stereocenters. The number of carbonyl (C=O) groups excluding carboxylic acids is 1. The smallest absolute Gasteiger partial charge is 0.250 e. The molecule has 15 heavy (non-hydrogen) atoms. The van der Waals surface area contributed by atoms with Crippen LogP contribution in [0.5, 0.6) is 0 Å². The molecule has 0 aromatic rings. The van der Waals surface area contributed by atoms with Crippen LogP contribution in [0, 0.1) is 0 Å². The Kier molecular flexibility index (Phi) is 3.29.